The molecule has 4 heteroatoms. The Kier molecular flexibility index (Phi) is 5.22. The zero-order chi connectivity index (χ0) is 12.1. The Bertz CT molecular complexity index is 232. The van der Waals surface area contributed by atoms with Crippen LogP contribution in [0.1, 0.15) is 27.2 Å². The molecular weight excluding hydrogens is 206 g/mol. The molecule has 1 saturated heterocycles. The van der Waals surface area contributed by atoms with Gasteiger partial charge in [0.05, 0.1) is 19.1 Å². The first-order valence-corrected chi connectivity index (χ1v) is 5.99. The van der Waals surface area contributed by atoms with Crippen molar-refractivity contribution in [3.8, 4) is 0 Å². The number of methoxy groups -OCH3 is 1. The van der Waals surface area contributed by atoms with Gasteiger partial charge in [0.1, 0.15) is 0 Å². The van der Waals surface area contributed by atoms with Crippen LogP contribution in [-0.2, 0) is 14.3 Å². The van der Waals surface area contributed by atoms with Gasteiger partial charge < -0.3 is 14.8 Å². The third-order valence-electron chi connectivity index (χ3n) is 3.56. The summed E-state index contributed by atoms with van der Waals surface area (Å²) in [5.74, 6) is 0.297. The lowest BCUT2D eigenvalue weighted by molar-refractivity contribution is -0.145. The van der Waals surface area contributed by atoms with Crippen molar-refractivity contribution in [3.63, 3.8) is 0 Å². The average molecular weight is 229 g/mol. The average Bonchev–Trinajstić information content (AvgIpc) is 2.69. The van der Waals surface area contributed by atoms with E-state index in [1.165, 1.54) is 7.11 Å². The molecule has 1 aliphatic rings. The first-order chi connectivity index (χ1) is 7.56. The molecule has 4 nitrogen and oxygen atoms in total. The van der Waals surface area contributed by atoms with Crippen LogP contribution in [0.3, 0.4) is 0 Å². The first kappa shape index (κ1) is 13.5. The quantitative estimate of drug-likeness (QED) is 0.720. The number of carbonyl (C=O) groups excluding carboxylic acids is 1. The Labute approximate surface area is 97.7 Å². The summed E-state index contributed by atoms with van der Waals surface area (Å²) in [4.78, 5) is 11.3. The Balaban J connectivity index is 2.28. The molecule has 16 heavy (non-hydrogen) atoms. The van der Waals surface area contributed by atoms with E-state index >= 15 is 0 Å². The molecule has 1 fully saturated rings. The number of rotatable bonds is 5. The van der Waals surface area contributed by atoms with E-state index in [-0.39, 0.29) is 17.9 Å². The van der Waals surface area contributed by atoms with E-state index in [0.717, 1.165) is 19.6 Å². The van der Waals surface area contributed by atoms with E-state index in [9.17, 15) is 4.79 Å². The highest BCUT2D eigenvalue weighted by atomic mass is 16.5. The molecule has 4 atom stereocenters. The monoisotopic (exact) mass is 229 g/mol. The van der Waals surface area contributed by atoms with Gasteiger partial charge in [0, 0.05) is 19.2 Å². The Morgan fingerprint density at radius 1 is 1.56 bits per heavy atom. The summed E-state index contributed by atoms with van der Waals surface area (Å²) in [6.07, 6.45) is 1.43. The maximum absolute atomic E-state index is 11.3. The van der Waals surface area contributed by atoms with Gasteiger partial charge in [0.2, 0.25) is 0 Å². The van der Waals surface area contributed by atoms with Crippen molar-refractivity contribution in [1.29, 1.82) is 0 Å². The molecule has 1 aliphatic heterocycles. The van der Waals surface area contributed by atoms with Crippen LogP contribution in [0.25, 0.3) is 0 Å². The van der Waals surface area contributed by atoms with Gasteiger partial charge in [-0.2, -0.15) is 0 Å². The van der Waals surface area contributed by atoms with E-state index < -0.39 is 0 Å². The normalized spacial score (nSPS) is 28.8. The summed E-state index contributed by atoms with van der Waals surface area (Å²) in [5, 5.41) is 3.39. The molecule has 0 spiro atoms. The SMILES string of the molecule is COC(=O)C(C)C(C)NCC1CCOC1C. The molecule has 0 radical (unpaired) electrons. The smallest absolute Gasteiger partial charge is 0.309 e. The molecule has 1 heterocycles. The fourth-order valence-corrected chi connectivity index (χ4v) is 1.95. The van der Waals surface area contributed by atoms with Crippen molar-refractivity contribution in [3.05, 3.63) is 0 Å². The van der Waals surface area contributed by atoms with Gasteiger partial charge in [-0.15, -0.1) is 0 Å². The van der Waals surface area contributed by atoms with Crippen molar-refractivity contribution in [2.45, 2.75) is 39.3 Å². The van der Waals surface area contributed by atoms with Crippen molar-refractivity contribution >= 4 is 5.97 Å². The number of ether oxygens (including phenoxy) is 2. The highest BCUT2D eigenvalue weighted by Gasteiger charge is 2.26. The summed E-state index contributed by atoms with van der Waals surface area (Å²) in [6.45, 7) is 7.77. The van der Waals surface area contributed by atoms with Crippen molar-refractivity contribution in [2.75, 3.05) is 20.3 Å². The molecule has 0 aliphatic carbocycles. The maximum Gasteiger partial charge on any atom is 0.309 e. The zero-order valence-corrected chi connectivity index (χ0v) is 10.7. The second-order valence-electron chi connectivity index (χ2n) is 4.63. The predicted octanol–water partition coefficient (Wildman–Crippen LogP) is 1.20. The molecule has 0 aromatic rings. The van der Waals surface area contributed by atoms with Gasteiger partial charge in [-0.3, -0.25) is 4.79 Å². The van der Waals surface area contributed by atoms with Crippen LogP contribution in [0.5, 0.6) is 0 Å². The van der Waals surface area contributed by atoms with Crippen molar-refractivity contribution in [2.24, 2.45) is 11.8 Å². The minimum absolute atomic E-state index is 0.109. The van der Waals surface area contributed by atoms with E-state index in [1.54, 1.807) is 0 Å². The largest absolute Gasteiger partial charge is 0.469 e. The number of hydrogen-bond acceptors (Lipinski definition) is 4. The molecule has 1 rings (SSSR count). The van der Waals surface area contributed by atoms with Gasteiger partial charge in [-0.05, 0) is 26.2 Å². The van der Waals surface area contributed by atoms with Gasteiger partial charge in [0.25, 0.3) is 0 Å². The molecule has 0 aromatic heterocycles. The van der Waals surface area contributed by atoms with E-state index in [4.69, 9.17) is 9.47 Å². The lowest BCUT2D eigenvalue weighted by Gasteiger charge is -2.22. The van der Waals surface area contributed by atoms with Crippen molar-refractivity contribution < 1.29 is 14.3 Å². The van der Waals surface area contributed by atoms with Crippen LogP contribution >= 0.6 is 0 Å². The molecule has 0 amide bonds. The third-order valence-corrected chi connectivity index (χ3v) is 3.56. The van der Waals surface area contributed by atoms with Gasteiger partial charge >= 0.3 is 5.97 Å². The Hall–Kier alpha value is -0.610. The molecule has 94 valence electrons. The second kappa shape index (κ2) is 6.21. The Morgan fingerprint density at radius 3 is 2.75 bits per heavy atom. The summed E-state index contributed by atoms with van der Waals surface area (Å²) in [6, 6.07) is 0.139. The molecule has 0 bridgehead atoms. The van der Waals surface area contributed by atoms with Gasteiger partial charge in [-0.1, -0.05) is 6.92 Å². The summed E-state index contributed by atoms with van der Waals surface area (Å²) in [7, 11) is 1.43. The fraction of sp³-hybridized carbons (Fsp3) is 0.917. The topological polar surface area (TPSA) is 47.6 Å². The first-order valence-electron chi connectivity index (χ1n) is 5.99. The molecule has 0 aromatic carbocycles. The number of hydrogen-bond donors (Lipinski definition) is 1. The third kappa shape index (κ3) is 3.46. The second-order valence-corrected chi connectivity index (χ2v) is 4.63. The molecule has 1 N–H and O–H groups in total. The summed E-state index contributed by atoms with van der Waals surface area (Å²) < 4.78 is 10.2. The molecule has 0 saturated carbocycles. The molecule has 4 unspecified atom stereocenters. The number of esters is 1. The van der Waals surface area contributed by atoms with E-state index in [1.807, 2.05) is 13.8 Å². The highest BCUT2D eigenvalue weighted by Crippen LogP contribution is 2.19. The lowest BCUT2D eigenvalue weighted by atomic mass is 10.00. The van der Waals surface area contributed by atoms with Crippen LogP contribution in [0.2, 0.25) is 0 Å². The van der Waals surface area contributed by atoms with Crippen LogP contribution in [0.15, 0.2) is 0 Å². The molecular formula is C12H23NO3. The minimum atomic E-state index is -0.157. The van der Waals surface area contributed by atoms with Gasteiger partial charge in [0.15, 0.2) is 0 Å². The summed E-state index contributed by atoms with van der Waals surface area (Å²) >= 11 is 0. The fourth-order valence-electron chi connectivity index (χ4n) is 1.95. The van der Waals surface area contributed by atoms with E-state index in [0.29, 0.717) is 12.0 Å². The summed E-state index contributed by atoms with van der Waals surface area (Å²) in [5.41, 5.74) is 0. The Morgan fingerprint density at radius 2 is 2.25 bits per heavy atom. The standard InChI is InChI=1S/C12H23NO3/c1-8(12(14)15-4)9(2)13-7-11-5-6-16-10(11)3/h8-11,13H,5-7H2,1-4H3. The van der Waals surface area contributed by atoms with Gasteiger partial charge in [-0.25, -0.2) is 0 Å². The lowest BCUT2D eigenvalue weighted by Crippen LogP contribution is -2.40. The van der Waals surface area contributed by atoms with Crippen LogP contribution < -0.4 is 5.32 Å². The van der Waals surface area contributed by atoms with Crippen LogP contribution in [0.4, 0.5) is 0 Å². The highest BCUT2D eigenvalue weighted by molar-refractivity contribution is 5.72. The number of nitrogens with one attached hydrogen (secondary N) is 1. The van der Waals surface area contributed by atoms with Crippen molar-refractivity contribution in [1.82, 2.24) is 5.32 Å². The van der Waals surface area contributed by atoms with E-state index in [2.05, 4.69) is 12.2 Å². The number of carbonyl (C=O) groups is 1. The maximum atomic E-state index is 11.3. The minimum Gasteiger partial charge on any atom is -0.469 e. The predicted molar refractivity (Wildman–Crippen MR) is 62.2 cm³/mol. The van der Waals surface area contributed by atoms with Crippen LogP contribution in [0, 0.1) is 11.8 Å². The van der Waals surface area contributed by atoms with Crippen LogP contribution in [-0.4, -0.2) is 38.4 Å². The zero-order valence-electron chi connectivity index (χ0n) is 10.7.